The van der Waals surface area contributed by atoms with Gasteiger partial charge in [-0.25, -0.2) is 8.42 Å². The van der Waals surface area contributed by atoms with E-state index in [1.54, 1.807) is 6.07 Å². The molecule has 0 saturated carbocycles. The fourth-order valence-corrected chi connectivity index (χ4v) is 5.62. The van der Waals surface area contributed by atoms with Crippen molar-refractivity contribution in [1.29, 1.82) is 0 Å². The molecule has 0 aliphatic rings. The molecule has 4 aromatic rings. The van der Waals surface area contributed by atoms with Crippen LogP contribution >= 0.6 is 34.8 Å². The molecule has 0 spiro atoms. The van der Waals surface area contributed by atoms with Crippen molar-refractivity contribution >= 4 is 55.8 Å². The standard InChI is InChI=1S/C18H12Cl3S.C6H6O3S/c19-13-1-7-16(8-2-13)22(17-9-3-14(20)4-10-17)18-11-5-15(21)6-12-18;7-10(8,9)6-4-2-1-3-5-6/h1-12H;1-5H,(H,7,8,9)/q+1;/p-1. The minimum Gasteiger partial charge on any atom is -0.744 e. The lowest BCUT2D eigenvalue weighted by Gasteiger charge is -2.08. The Morgan fingerprint density at radius 1 is 0.531 bits per heavy atom. The zero-order chi connectivity index (χ0) is 23.1. The Morgan fingerprint density at radius 2 is 0.844 bits per heavy atom. The van der Waals surface area contributed by atoms with Crippen LogP contribution in [0.4, 0.5) is 0 Å². The van der Waals surface area contributed by atoms with Crippen LogP contribution in [0, 0.1) is 0 Å². The maximum atomic E-state index is 10.3. The van der Waals surface area contributed by atoms with Gasteiger partial charge in [-0.05, 0) is 84.9 Å². The van der Waals surface area contributed by atoms with Crippen molar-refractivity contribution in [2.45, 2.75) is 19.6 Å². The van der Waals surface area contributed by atoms with Gasteiger partial charge < -0.3 is 4.55 Å². The number of hydrogen-bond acceptors (Lipinski definition) is 3. The third-order valence-corrected chi connectivity index (χ3v) is 8.02. The number of halogens is 3. The Bertz CT molecular complexity index is 1140. The van der Waals surface area contributed by atoms with Gasteiger partial charge in [-0.15, -0.1) is 0 Å². The summed E-state index contributed by atoms with van der Waals surface area (Å²) in [6.07, 6.45) is 0. The van der Waals surface area contributed by atoms with Crippen molar-refractivity contribution in [2.75, 3.05) is 0 Å². The molecule has 0 heterocycles. The molecule has 0 saturated heterocycles. The van der Waals surface area contributed by atoms with Gasteiger partial charge in [-0.3, -0.25) is 0 Å². The molecule has 0 amide bonds. The molecule has 164 valence electrons. The normalized spacial score (nSPS) is 11.0. The zero-order valence-electron chi connectivity index (χ0n) is 16.5. The lowest BCUT2D eigenvalue weighted by molar-refractivity contribution is 0.463. The van der Waals surface area contributed by atoms with Crippen molar-refractivity contribution in [3.8, 4) is 0 Å². The summed E-state index contributed by atoms with van der Waals surface area (Å²) in [5, 5.41) is 2.21. The van der Waals surface area contributed by atoms with Gasteiger partial charge in [0.1, 0.15) is 10.1 Å². The van der Waals surface area contributed by atoms with Crippen LogP contribution in [0.1, 0.15) is 0 Å². The highest BCUT2D eigenvalue weighted by Gasteiger charge is 2.28. The minimum atomic E-state index is -4.25. The predicted molar refractivity (Wildman–Crippen MR) is 131 cm³/mol. The average Bonchev–Trinajstić information content (AvgIpc) is 2.78. The molecule has 0 aromatic heterocycles. The van der Waals surface area contributed by atoms with E-state index in [2.05, 4.69) is 36.4 Å². The first kappa shape index (κ1) is 24.6. The lowest BCUT2D eigenvalue weighted by Crippen LogP contribution is -2.04. The topological polar surface area (TPSA) is 57.2 Å². The van der Waals surface area contributed by atoms with E-state index in [4.69, 9.17) is 34.8 Å². The highest BCUT2D eigenvalue weighted by atomic mass is 35.5. The summed E-state index contributed by atoms with van der Waals surface area (Å²) in [6.45, 7) is 0. The molecule has 0 bridgehead atoms. The van der Waals surface area contributed by atoms with Gasteiger partial charge in [0.05, 0.1) is 15.8 Å². The average molecular weight is 524 g/mol. The molecule has 0 unspecified atom stereocenters. The highest BCUT2D eigenvalue weighted by Crippen LogP contribution is 2.33. The summed E-state index contributed by atoms with van der Waals surface area (Å²) in [7, 11) is -4.47. The van der Waals surface area contributed by atoms with E-state index >= 15 is 0 Å². The second-order valence-electron chi connectivity index (χ2n) is 6.44. The summed E-state index contributed by atoms with van der Waals surface area (Å²) in [5.74, 6) is 0. The fraction of sp³-hybridized carbons (Fsp3) is 0. The highest BCUT2D eigenvalue weighted by molar-refractivity contribution is 7.97. The molecule has 0 radical (unpaired) electrons. The zero-order valence-corrected chi connectivity index (χ0v) is 20.4. The van der Waals surface area contributed by atoms with E-state index in [9.17, 15) is 13.0 Å². The third-order valence-electron chi connectivity index (χ3n) is 4.18. The number of rotatable bonds is 4. The lowest BCUT2D eigenvalue weighted by atomic mass is 10.3. The van der Waals surface area contributed by atoms with E-state index in [1.807, 2.05) is 36.4 Å². The van der Waals surface area contributed by atoms with Crippen LogP contribution in [0.5, 0.6) is 0 Å². The second kappa shape index (κ2) is 11.2. The van der Waals surface area contributed by atoms with Crippen molar-refractivity contribution in [3.63, 3.8) is 0 Å². The quantitative estimate of drug-likeness (QED) is 0.208. The monoisotopic (exact) mass is 522 g/mol. The van der Waals surface area contributed by atoms with Crippen LogP contribution in [-0.4, -0.2) is 13.0 Å². The minimum absolute atomic E-state index is 0.185. The van der Waals surface area contributed by atoms with Gasteiger partial charge in [0, 0.05) is 15.1 Å². The van der Waals surface area contributed by atoms with Crippen LogP contribution in [0.3, 0.4) is 0 Å². The van der Waals surface area contributed by atoms with Gasteiger partial charge in [0.25, 0.3) is 0 Å². The molecule has 0 aliphatic carbocycles. The summed E-state index contributed by atoms with van der Waals surface area (Å²) in [4.78, 5) is 3.42. The third kappa shape index (κ3) is 7.01. The Kier molecular flexibility index (Phi) is 8.65. The van der Waals surface area contributed by atoms with Gasteiger partial charge in [0.15, 0.2) is 14.7 Å². The van der Waals surface area contributed by atoms with Gasteiger partial charge in [-0.1, -0.05) is 53.0 Å². The Morgan fingerprint density at radius 3 is 1.09 bits per heavy atom. The summed E-state index contributed by atoms with van der Waals surface area (Å²) in [5.41, 5.74) is 0. The summed E-state index contributed by atoms with van der Waals surface area (Å²) < 4.78 is 30.8. The van der Waals surface area contributed by atoms with Crippen molar-refractivity contribution in [2.24, 2.45) is 0 Å². The Balaban J connectivity index is 0.000000243. The molecule has 3 nitrogen and oxygen atoms in total. The maximum absolute atomic E-state index is 10.3. The molecule has 0 N–H and O–H groups in total. The SMILES string of the molecule is Clc1ccc([S+](c2ccc(Cl)cc2)c2ccc(Cl)cc2)cc1.O=S(=O)([O-])c1ccccc1. The molecular weight excluding hydrogens is 507 g/mol. The largest absolute Gasteiger partial charge is 0.744 e. The van der Waals surface area contributed by atoms with E-state index in [-0.39, 0.29) is 15.8 Å². The summed E-state index contributed by atoms with van der Waals surface area (Å²) >= 11 is 18.1. The van der Waals surface area contributed by atoms with Crippen molar-refractivity contribution in [3.05, 3.63) is 118 Å². The van der Waals surface area contributed by atoms with Crippen molar-refractivity contribution < 1.29 is 13.0 Å². The molecule has 32 heavy (non-hydrogen) atoms. The van der Waals surface area contributed by atoms with Crippen LogP contribution in [-0.2, 0) is 21.0 Å². The smallest absolute Gasteiger partial charge is 0.166 e. The molecule has 0 fully saturated rings. The molecule has 4 aromatic carbocycles. The van der Waals surface area contributed by atoms with Gasteiger partial charge >= 0.3 is 0 Å². The van der Waals surface area contributed by atoms with Crippen molar-refractivity contribution in [1.82, 2.24) is 0 Å². The van der Waals surface area contributed by atoms with Crippen LogP contribution in [0.25, 0.3) is 0 Å². The van der Waals surface area contributed by atoms with E-state index in [1.165, 1.54) is 39.0 Å². The Labute approximate surface area is 205 Å². The first-order valence-electron chi connectivity index (χ1n) is 9.26. The van der Waals surface area contributed by atoms with E-state index in [0.717, 1.165) is 15.1 Å². The molecule has 8 heteroatoms. The molecule has 0 aliphatic heterocycles. The van der Waals surface area contributed by atoms with Crippen LogP contribution < -0.4 is 0 Å². The predicted octanol–water partition coefficient (Wildman–Crippen LogP) is 7.33. The number of hydrogen-bond donors (Lipinski definition) is 0. The molecule has 0 atom stereocenters. The van der Waals surface area contributed by atoms with Gasteiger partial charge in [0.2, 0.25) is 0 Å². The van der Waals surface area contributed by atoms with Gasteiger partial charge in [-0.2, -0.15) is 0 Å². The van der Waals surface area contributed by atoms with Crippen LogP contribution in [0.15, 0.2) is 123 Å². The molecular formula is C24H17Cl3O3S2. The maximum Gasteiger partial charge on any atom is 0.166 e. The van der Waals surface area contributed by atoms with E-state index < -0.39 is 10.1 Å². The van der Waals surface area contributed by atoms with Crippen LogP contribution in [0.2, 0.25) is 15.1 Å². The first-order valence-corrected chi connectivity index (χ1v) is 13.0. The second-order valence-corrected chi connectivity index (χ2v) is 11.2. The summed E-state index contributed by atoms with van der Waals surface area (Å²) in [6, 6.07) is 31.1. The fourth-order valence-electron chi connectivity index (χ4n) is 2.71. The first-order chi connectivity index (χ1) is 15.2. The Hall–Kier alpha value is -1.99. The molecule has 4 rings (SSSR count). The van der Waals surface area contributed by atoms with E-state index in [0.29, 0.717) is 0 Å². The number of benzene rings is 4.